The van der Waals surface area contributed by atoms with E-state index < -0.39 is 30.6 Å². The largest absolute Gasteiger partial charge is 0.484 e. The van der Waals surface area contributed by atoms with Gasteiger partial charge in [0.25, 0.3) is 5.91 Å². The van der Waals surface area contributed by atoms with E-state index in [1.165, 1.54) is 26.0 Å². The van der Waals surface area contributed by atoms with Crippen molar-refractivity contribution < 1.29 is 27.5 Å². The second kappa shape index (κ2) is 7.76. The van der Waals surface area contributed by atoms with Gasteiger partial charge < -0.3 is 15.4 Å². The lowest BCUT2D eigenvalue weighted by atomic mass is 10.1. The maximum Gasteiger partial charge on any atom is 0.422 e. The third-order valence-corrected chi connectivity index (χ3v) is 3.78. The van der Waals surface area contributed by atoms with Crippen molar-refractivity contribution in [3.8, 4) is 5.75 Å². The zero-order chi connectivity index (χ0) is 19.5. The zero-order valence-corrected chi connectivity index (χ0v) is 14.4. The van der Waals surface area contributed by atoms with E-state index in [1.807, 2.05) is 0 Å². The number of hydrogen-bond donors (Lipinski definition) is 3. The quantitative estimate of drug-likeness (QED) is 0.530. The van der Waals surface area contributed by atoms with Crippen molar-refractivity contribution in [2.45, 2.75) is 44.8 Å². The zero-order valence-electron chi connectivity index (χ0n) is 14.4. The number of alkyl halides is 3. The van der Waals surface area contributed by atoms with Gasteiger partial charge in [0.05, 0.1) is 6.04 Å². The normalized spacial score (nSPS) is 15.1. The summed E-state index contributed by atoms with van der Waals surface area (Å²) in [7, 11) is 0. The van der Waals surface area contributed by atoms with E-state index in [-0.39, 0.29) is 23.1 Å². The standard InChI is InChI=1S/C17H20F3N3O3/c1-9(15(21)23-10(2)24)22-16(25)12-5-6-13(11-3-4-11)14(7-12)26-8-17(18,19)20/h5-7,9,11H,3-4,8H2,1-2H3,(H,22,25)(H2,21,23,24). The third kappa shape index (κ3) is 5.75. The number of benzene rings is 1. The maximum atomic E-state index is 12.5. The molecule has 1 saturated carbocycles. The number of ether oxygens (including phenoxy) is 1. The third-order valence-electron chi connectivity index (χ3n) is 3.78. The van der Waals surface area contributed by atoms with Crippen LogP contribution in [-0.4, -0.2) is 36.5 Å². The molecule has 2 rings (SSSR count). The molecule has 1 unspecified atom stereocenters. The Kier molecular flexibility index (Phi) is 5.89. The summed E-state index contributed by atoms with van der Waals surface area (Å²) in [4.78, 5) is 23.2. The highest BCUT2D eigenvalue weighted by Crippen LogP contribution is 2.44. The summed E-state index contributed by atoms with van der Waals surface area (Å²) >= 11 is 0. The number of hydrogen-bond acceptors (Lipinski definition) is 4. The van der Waals surface area contributed by atoms with Gasteiger partial charge in [-0.3, -0.25) is 15.0 Å². The minimum absolute atomic E-state index is 0.0436. The Morgan fingerprint density at radius 3 is 2.54 bits per heavy atom. The fourth-order valence-electron chi connectivity index (χ4n) is 2.34. The summed E-state index contributed by atoms with van der Waals surface area (Å²) in [5.41, 5.74) is 0.777. The van der Waals surface area contributed by atoms with E-state index in [0.717, 1.165) is 12.8 Å². The van der Waals surface area contributed by atoms with Gasteiger partial charge in [0.1, 0.15) is 11.6 Å². The Morgan fingerprint density at radius 1 is 1.35 bits per heavy atom. The lowest BCUT2D eigenvalue weighted by Crippen LogP contribution is -2.45. The van der Waals surface area contributed by atoms with Gasteiger partial charge in [-0.25, -0.2) is 0 Å². The highest BCUT2D eigenvalue weighted by Gasteiger charge is 2.32. The smallest absolute Gasteiger partial charge is 0.422 e. The van der Waals surface area contributed by atoms with Crippen LogP contribution in [0.3, 0.4) is 0 Å². The molecule has 0 bridgehead atoms. The van der Waals surface area contributed by atoms with E-state index in [9.17, 15) is 22.8 Å². The molecule has 0 radical (unpaired) electrons. The number of halogens is 3. The molecule has 26 heavy (non-hydrogen) atoms. The van der Waals surface area contributed by atoms with Gasteiger partial charge in [-0.1, -0.05) is 6.07 Å². The summed E-state index contributed by atoms with van der Waals surface area (Å²) in [6.07, 6.45) is -2.72. The van der Waals surface area contributed by atoms with Crippen LogP contribution >= 0.6 is 0 Å². The highest BCUT2D eigenvalue weighted by atomic mass is 19.4. The second-order valence-corrected chi connectivity index (χ2v) is 6.22. The fourth-order valence-corrected chi connectivity index (χ4v) is 2.34. The van der Waals surface area contributed by atoms with Crippen molar-refractivity contribution in [1.29, 1.82) is 5.41 Å². The van der Waals surface area contributed by atoms with Crippen molar-refractivity contribution in [1.82, 2.24) is 10.6 Å². The molecule has 1 aliphatic carbocycles. The number of amides is 2. The Bertz CT molecular complexity index is 715. The number of amidine groups is 1. The van der Waals surface area contributed by atoms with E-state index in [4.69, 9.17) is 10.1 Å². The minimum Gasteiger partial charge on any atom is -0.484 e. The van der Waals surface area contributed by atoms with Gasteiger partial charge in [-0.05, 0) is 43.4 Å². The van der Waals surface area contributed by atoms with Crippen LogP contribution in [0.5, 0.6) is 5.75 Å². The molecular formula is C17H20F3N3O3. The van der Waals surface area contributed by atoms with Crippen molar-refractivity contribution in [3.63, 3.8) is 0 Å². The molecular weight excluding hydrogens is 351 g/mol. The molecule has 0 spiro atoms. The van der Waals surface area contributed by atoms with E-state index in [0.29, 0.717) is 5.56 Å². The molecule has 1 aromatic carbocycles. The lowest BCUT2D eigenvalue weighted by Gasteiger charge is -2.17. The van der Waals surface area contributed by atoms with Crippen LogP contribution in [0.4, 0.5) is 13.2 Å². The van der Waals surface area contributed by atoms with Crippen molar-refractivity contribution in [2.24, 2.45) is 0 Å². The van der Waals surface area contributed by atoms with E-state index >= 15 is 0 Å². The first kappa shape index (κ1) is 19.7. The van der Waals surface area contributed by atoms with Crippen molar-refractivity contribution in [3.05, 3.63) is 29.3 Å². The summed E-state index contributed by atoms with van der Waals surface area (Å²) in [6.45, 7) is 1.32. The molecule has 142 valence electrons. The average Bonchev–Trinajstić information content (AvgIpc) is 3.35. The van der Waals surface area contributed by atoms with Gasteiger partial charge in [0, 0.05) is 12.5 Å². The molecule has 2 amide bonds. The first-order chi connectivity index (χ1) is 12.1. The van der Waals surface area contributed by atoms with Crippen LogP contribution in [0.15, 0.2) is 18.2 Å². The number of rotatable bonds is 6. The molecule has 1 atom stereocenters. The molecule has 9 heteroatoms. The average molecular weight is 371 g/mol. The first-order valence-electron chi connectivity index (χ1n) is 8.07. The van der Waals surface area contributed by atoms with Gasteiger partial charge in [-0.2, -0.15) is 13.2 Å². The molecule has 0 saturated heterocycles. The monoisotopic (exact) mass is 371 g/mol. The van der Waals surface area contributed by atoms with E-state index in [2.05, 4.69) is 10.6 Å². The predicted molar refractivity (Wildman–Crippen MR) is 88.4 cm³/mol. The van der Waals surface area contributed by atoms with Crippen molar-refractivity contribution >= 4 is 17.6 Å². The fraction of sp³-hybridized carbons (Fsp3) is 0.471. The van der Waals surface area contributed by atoms with Gasteiger partial charge >= 0.3 is 6.18 Å². The number of carbonyl (C=O) groups excluding carboxylic acids is 2. The minimum atomic E-state index is -4.47. The maximum absolute atomic E-state index is 12.5. The Morgan fingerprint density at radius 2 is 2.00 bits per heavy atom. The Hall–Kier alpha value is -2.58. The van der Waals surface area contributed by atoms with Gasteiger partial charge in [0.2, 0.25) is 5.91 Å². The first-order valence-corrected chi connectivity index (χ1v) is 8.07. The van der Waals surface area contributed by atoms with Gasteiger partial charge in [0.15, 0.2) is 6.61 Å². The summed E-state index contributed by atoms with van der Waals surface area (Å²) in [6, 6.07) is 3.62. The summed E-state index contributed by atoms with van der Waals surface area (Å²) < 4.78 is 42.2. The van der Waals surface area contributed by atoms with E-state index in [1.54, 1.807) is 6.07 Å². The predicted octanol–water partition coefficient (Wildman–Crippen LogP) is 2.74. The van der Waals surface area contributed by atoms with Crippen LogP contribution in [0.25, 0.3) is 0 Å². The topological polar surface area (TPSA) is 91.3 Å². The van der Waals surface area contributed by atoms with Crippen LogP contribution < -0.4 is 15.4 Å². The van der Waals surface area contributed by atoms with Crippen LogP contribution in [-0.2, 0) is 4.79 Å². The van der Waals surface area contributed by atoms with Crippen LogP contribution in [0.1, 0.15) is 48.5 Å². The highest BCUT2D eigenvalue weighted by molar-refractivity contribution is 6.02. The molecule has 3 N–H and O–H groups in total. The Labute approximate surface area is 148 Å². The molecule has 1 aliphatic rings. The van der Waals surface area contributed by atoms with Crippen LogP contribution in [0, 0.1) is 5.41 Å². The second-order valence-electron chi connectivity index (χ2n) is 6.22. The molecule has 1 aromatic rings. The molecule has 0 aromatic heterocycles. The number of nitrogens with one attached hydrogen (secondary N) is 3. The van der Waals surface area contributed by atoms with Crippen LogP contribution in [0.2, 0.25) is 0 Å². The lowest BCUT2D eigenvalue weighted by molar-refractivity contribution is -0.153. The SMILES string of the molecule is CC(=O)NC(=N)C(C)NC(=O)c1ccc(C2CC2)c(OCC(F)(F)F)c1. The molecule has 0 aliphatic heterocycles. The Balaban J connectivity index is 2.11. The summed E-state index contributed by atoms with van der Waals surface area (Å²) in [5, 5.41) is 12.4. The molecule has 1 fully saturated rings. The number of carbonyl (C=O) groups is 2. The molecule has 0 heterocycles. The molecule has 6 nitrogen and oxygen atoms in total. The van der Waals surface area contributed by atoms with Gasteiger partial charge in [-0.15, -0.1) is 0 Å². The summed E-state index contributed by atoms with van der Waals surface area (Å²) in [5.74, 6) is -1.00. The van der Waals surface area contributed by atoms with Crippen molar-refractivity contribution in [2.75, 3.05) is 6.61 Å².